The van der Waals surface area contributed by atoms with Crippen molar-refractivity contribution in [1.82, 2.24) is 4.57 Å². The predicted molar refractivity (Wildman–Crippen MR) is 167 cm³/mol. The van der Waals surface area contributed by atoms with Crippen LogP contribution in [0.4, 0.5) is 5.69 Å². The first-order valence-electron chi connectivity index (χ1n) is 13.7. The Morgan fingerprint density at radius 2 is 1.93 bits per heavy atom. The van der Waals surface area contributed by atoms with Crippen molar-refractivity contribution in [2.75, 3.05) is 33.5 Å². The molecule has 0 radical (unpaired) electrons. The number of nitro benzene ring substituents is 1. The average Bonchev–Trinajstić information content (AvgIpc) is 3.32. The summed E-state index contributed by atoms with van der Waals surface area (Å²) in [7, 11) is 1.24. The van der Waals surface area contributed by atoms with Gasteiger partial charge in [0, 0.05) is 6.07 Å². The first-order chi connectivity index (χ1) is 22.0. The maximum Gasteiger partial charge on any atom is 0.343 e. The van der Waals surface area contributed by atoms with Crippen molar-refractivity contribution in [3.63, 3.8) is 0 Å². The van der Waals surface area contributed by atoms with Crippen LogP contribution in [-0.2, 0) is 19.1 Å². The number of thiazole rings is 1. The number of ether oxygens (including phenoxy) is 5. The highest BCUT2D eigenvalue weighted by atomic mass is 79.9. The molecule has 0 spiro atoms. The minimum atomic E-state index is -0.992. The van der Waals surface area contributed by atoms with Gasteiger partial charge in [-0.15, -0.1) is 0 Å². The molecule has 14 nitrogen and oxygen atoms in total. The number of esters is 2. The molecule has 2 heterocycles. The molecular weight excluding hydrogens is 688 g/mol. The molecule has 0 N–H and O–H groups in total. The number of nitro groups is 1. The first kappa shape index (κ1) is 33.9. The second kappa shape index (κ2) is 14.8. The minimum absolute atomic E-state index is 0.0823. The summed E-state index contributed by atoms with van der Waals surface area (Å²) >= 11 is 4.29. The zero-order valence-corrected chi connectivity index (χ0v) is 27.4. The minimum Gasteiger partial charge on any atom is -0.490 e. The number of carbonyl (C=O) groups is 2. The lowest BCUT2D eigenvalue weighted by atomic mass is 9.95. The van der Waals surface area contributed by atoms with E-state index in [1.807, 2.05) is 0 Å². The van der Waals surface area contributed by atoms with Gasteiger partial charge < -0.3 is 23.7 Å². The van der Waals surface area contributed by atoms with Crippen molar-refractivity contribution in [2.45, 2.75) is 26.8 Å². The molecule has 0 saturated heterocycles. The predicted octanol–water partition coefficient (Wildman–Crippen LogP) is 3.32. The molecule has 0 unspecified atom stereocenters. The van der Waals surface area contributed by atoms with Crippen molar-refractivity contribution < 1.29 is 38.2 Å². The van der Waals surface area contributed by atoms with E-state index in [1.165, 1.54) is 29.9 Å². The van der Waals surface area contributed by atoms with Crippen LogP contribution in [0.15, 0.2) is 55.9 Å². The number of methoxy groups -OCH3 is 1. The SMILES string of the molecule is CCOC(=O)C1=C(C)N=c2s/c(=C/c3cc(Br)c(OCC#N)c([N+](=O)[O-])c3)c(=O)n2[C@H]1c1ccc(OCC(=O)OC)c(OCC)c1. The molecule has 0 bridgehead atoms. The number of rotatable bonds is 12. The van der Waals surface area contributed by atoms with Crippen LogP contribution >= 0.6 is 27.3 Å². The Hall–Kier alpha value is -5.01. The summed E-state index contributed by atoms with van der Waals surface area (Å²) in [6, 6.07) is 8.33. The Balaban J connectivity index is 1.91. The van der Waals surface area contributed by atoms with Crippen LogP contribution in [0.1, 0.15) is 37.9 Å². The van der Waals surface area contributed by atoms with Crippen LogP contribution in [0.5, 0.6) is 17.2 Å². The van der Waals surface area contributed by atoms with Crippen LogP contribution in [0.3, 0.4) is 0 Å². The Bertz CT molecular complexity index is 1960. The molecule has 1 atom stereocenters. The van der Waals surface area contributed by atoms with Crippen molar-refractivity contribution in [3.05, 3.63) is 87.0 Å². The molecule has 1 aromatic heterocycles. The third-order valence-corrected chi connectivity index (χ3v) is 8.07. The highest BCUT2D eigenvalue weighted by molar-refractivity contribution is 9.10. The van der Waals surface area contributed by atoms with E-state index in [0.717, 1.165) is 11.3 Å². The lowest BCUT2D eigenvalue weighted by Gasteiger charge is -2.25. The van der Waals surface area contributed by atoms with Gasteiger partial charge in [0.1, 0.15) is 6.07 Å². The van der Waals surface area contributed by atoms with Crippen LogP contribution < -0.4 is 29.1 Å². The number of halogens is 1. The van der Waals surface area contributed by atoms with Crippen LogP contribution in [0, 0.1) is 21.4 Å². The van der Waals surface area contributed by atoms with Gasteiger partial charge in [-0.3, -0.25) is 19.5 Å². The number of allylic oxidation sites excluding steroid dienone is 1. The number of fused-ring (bicyclic) bond motifs is 1. The molecule has 0 saturated carbocycles. The van der Waals surface area contributed by atoms with Gasteiger partial charge >= 0.3 is 17.6 Å². The van der Waals surface area contributed by atoms with E-state index in [4.69, 9.17) is 24.2 Å². The molecule has 0 aliphatic carbocycles. The third kappa shape index (κ3) is 7.11. The second-order valence-corrected chi connectivity index (χ2v) is 11.2. The van der Waals surface area contributed by atoms with Gasteiger partial charge in [-0.1, -0.05) is 17.4 Å². The second-order valence-electron chi connectivity index (χ2n) is 9.36. The smallest absolute Gasteiger partial charge is 0.343 e. The summed E-state index contributed by atoms with van der Waals surface area (Å²) in [4.78, 5) is 54.9. The maximum atomic E-state index is 14.0. The number of nitriles is 1. The van der Waals surface area contributed by atoms with Crippen molar-refractivity contribution in [3.8, 4) is 23.3 Å². The highest BCUT2D eigenvalue weighted by Gasteiger charge is 2.34. The molecule has 0 fully saturated rings. The standard InChI is InChI=1S/C30H27BrN4O10S/c1-5-42-22-14-18(7-8-21(22)45-15-24(36)41-4)26-25(29(38)43-6-2)16(3)33-30-34(26)28(37)23(46-30)13-17-11-19(31)27(44-10-9-32)20(12-17)35(39)40/h7-8,11-14,26H,5-6,10,15H2,1-4H3/b23-13+/t26-/m0/s1. The summed E-state index contributed by atoms with van der Waals surface area (Å²) in [6.07, 6.45) is 1.46. The molecule has 2 aromatic carbocycles. The van der Waals surface area contributed by atoms with E-state index in [9.17, 15) is 24.5 Å². The van der Waals surface area contributed by atoms with E-state index in [2.05, 4.69) is 25.7 Å². The number of aromatic nitrogens is 1. The zero-order valence-electron chi connectivity index (χ0n) is 25.0. The van der Waals surface area contributed by atoms with Gasteiger partial charge in [-0.2, -0.15) is 5.26 Å². The molecule has 46 heavy (non-hydrogen) atoms. The van der Waals surface area contributed by atoms with Gasteiger partial charge in [0.05, 0.1) is 51.6 Å². The number of carbonyl (C=O) groups excluding carboxylic acids is 2. The van der Waals surface area contributed by atoms with Crippen molar-refractivity contribution >= 4 is 51.0 Å². The fourth-order valence-corrected chi connectivity index (χ4v) is 6.23. The molecule has 1 aliphatic rings. The fraction of sp³-hybridized carbons (Fsp3) is 0.300. The quantitative estimate of drug-likeness (QED) is 0.152. The van der Waals surface area contributed by atoms with Gasteiger partial charge in [-0.05, 0) is 72.1 Å². The molecule has 240 valence electrons. The van der Waals surface area contributed by atoms with Gasteiger partial charge in [-0.25, -0.2) is 14.6 Å². The number of hydrogen-bond acceptors (Lipinski definition) is 13. The first-order valence-corrected chi connectivity index (χ1v) is 15.3. The van der Waals surface area contributed by atoms with Crippen LogP contribution in [0.2, 0.25) is 0 Å². The molecule has 3 aromatic rings. The Morgan fingerprint density at radius 1 is 1.17 bits per heavy atom. The number of nitrogens with zero attached hydrogens (tertiary/aromatic N) is 4. The van der Waals surface area contributed by atoms with Crippen molar-refractivity contribution in [1.29, 1.82) is 5.26 Å². The summed E-state index contributed by atoms with van der Waals surface area (Å²) < 4.78 is 28.3. The van der Waals surface area contributed by atoms with E-state index >= 15 is 0 Å². The van der Waals surface area contributed by atoms with Gasteiger partial charge in [0.2, 0.25) is 5.75 Å². The van der Waals surface area contributed by atoms with Crippen molar-refractivity contribution in [2.24, 2.45) is 4.99 Å². The maximum absolute atomic E-state index is 14.0. The fourth-order valence-electron chi connectivity index (χ4n) is 4.60. The zero-order chi connectivity index (χ0) is 33.5. The topological polar surface area (TPSA) is 182 Å². The Labute approximate surface area is 274 Å². The number of benzene rings is 2. The van der Waals surface area contributed by atoms with E-state index in [0.29, 0.717) is 16.8 Å². The van der Waals surface area contributed by atoms with Gasteiger partial charge in [0.25, 0.3) is 5.56 Å². The molecule has 0 amide bonds. The lowest BCUT2D eigenvalue weighted by Crippen LogP contribution is -2.40. The van der Waals surface area contributed by atoms with E-state index in [1.54, 1.807) is 45.0 Å². The summed E-state index contributed by atoms with van der Waals surface area (Å²) in [5.74, 6) is -0.872. The largest absolute Gasteiger partial charge is 0.490 e. The van der Waals surface area contributed by atoms with Gasteiger partial charge in [0.15, 0.2) is 29.5 Å². The molecule has 4 rings (SSSR count). The summed E-state index contributed by atoms with van der Waals surface area (Å²) in [6.45, 7) is 4.63. The number of hydrogen-bond donors (Lipinski definition) is 0. The van der Waals surface area contributed by atoms with E-state index < -0.39 is 40.8 Å². The third-order valence-electron chi connectivity index (χ3n) is 6.50. The molecule has 1 aliphatic heterocycles. The summed E-state index contributed by atoms with van der Waals surface area (Å²) in [5, 5.41) is 20.6. The normalized spacial score (nSPS) is 14.1. The Morgan fingerprint density at radius 3 is 2.59 bits per heavy atom. The van der Waals surface area contributed by atoms with Crippen LogP contribution in [0.25, 0.3) is 6.08 Å². The van der Waals surface area contributed by atoms with Crippen LogP contribution in [-0.4, -0.2) is 55.0 Å². The highest BCUT2D eigenvalue weighted by Crippen LogP contribution is 2.38. The monoisotopic (exact) mass is 714 g/mol. The summed E-state index contributed by atoms with van der Waals surface area (Å²) in [5.41, 5.74) is 0.310. The average molecular weight is 716 g/mol. The van der Waals surface area contributed by atoms with E-state index in [-0.39, 0.29) is 56.4 Å². The molecule has 16 heteroatoms. The Kier molecular flexibility index (Phi) is 10.9. The lowest BCUT2D eigenvalue weighted by molar-refractivity contribution is -0.385. The molecular formula is C30H27BrN4O10S.